The molecule has 1 atom stereocenters. The van der Waals surface area contributed by atoms with Crippen LogP contribution < -0.4 is 0 Å². The number of benzene rings is 1. The molecule has 1 N–H and O–H groups in total. The van der Waals surface area contributed by atoms with Crippen LogP contribution in [0.25, 0.3) is 21.5 Å². The van der Waals surface area contributed by atoms with Gasteiger partial charge in [0.05, 0.1) is 22.8 Å². The fourth-order valence-electron chi connectivity index (χ4n) is 9.04. The Bertz CT molecular complexity index is 1580. The molecule has 240 valence electrons. The SMILES string of the molecule is Cc1cc(C)cc(-c2[nH]c3sc(C(C)(C)C(=O)C4C5CCC4CC5)cc3c2C(=O)CC2=CCCN(CC3CCCO3)CCC2)c1. The highest BCUT2D eigenvalue weighted by atomic mass is 32.1. The average Bonchev–Trinajstić information content (AvgIpc) is 3.81. The van der Waals surface area contributed by atoms with Gasteiger partial charge in [-0.25, -0.2) is 0 Å². The number of hydrogen-bond donors (Lipinski definition) is 1. The third-order valence-electron chi connectivity index (χ3n) is 11.4. The molecule has 2 aliphatic heterocycles. The fourth-order valence-corrected chi connectivity index (χ4v) is 10.2. The van der Waals surface area contributed by atoms with Gasteiger partial charge in [-0.15, -0.1) is 11.3 Å². The molecule has 0 spiro atoms. The zero-order valence-electron chi connectivity index (χ0n) is 27.7. The molecule has 5 nitrogen and oxygen atoms in total. The molecule has 3 fully saturated rings. The lowest BCUT2D eigenvalue weighted by molar-refractivity contribution is -0.128. The summed E-state index contributed by atoms with van der Waals surface area (Å²) in [7, 11) is 0. The number of ether oxygens (including phenoxy) is 1. The van der Waals surface area contributed by atoms with Gasteiger partial charge in [0.15, 0.2) is 5.78 Å². The summed E-state index contributed by atoms with van der Waals surface area (Å²) in [6, 6.07) is 8.72. The van der Waals surface area contributed by atoms with E-state index in [0.717, 1.165) is 77.4 Å². The molecule has 7 rings (SSSR count). The highest BCUT2D eigenvalue weighted by molar-refractivity contribution is 7.19. The van der Waals surface area contributed by atoms with E-state index in [1.807, 2.05) is 0 Å². The summed E-state index contributed by atoms with van der Waals surface area (Å²) in [5, 5.41) is 0.985. The molecule has 3 aromatic rings. The van der Waals surface area contributed by atoms with E-state index in [-0.39, 0.29) is 11.7 Å². The largest absolute Gasteiger partial charge is 0.377 e. The van der Waals surface area contributed by atoms with Gasteiger partial charge < -0.3 is 14.6 Å². The monoisotopic (exact) mass is 626 g/mol. The number of aryl methyl sites for hydroxylation is 2. The van der Waals surface area contributed by atoms with E-state index in [1.54, 1.807) is 11.3 Å². The molecule has 2 saturated carbocycles. The maximum absolute atomic E-state index is 14.4. The first kappa shape index (κ1) is 31.1. The molecule has 6 heteroatoms. The second kappa shape index (κ2) is 12.6. The van der Waals surface area contributed by atoms with Crippen LogP contribution in [0, 0.1) is 31.6 Å². The first-order valence-corrected chi connectivity index (χ1v) is 18.3. The first-order chi connectivity index (χ1) is 21.7. The number of thiophene rings is 1. The van der Waals surface area contributed by atoms with Gasteiger partial charge in [-0.3, -0.25) is 9.59 Å². The van der Waals surface area contributed by atoms with Gasteiger partial charge in [-0.2, -0.15) is 0 Å². The van der Waals surface area contributed by atoms with Crippen LogP contribution >= 0.6 is 11.3 Å². The Labute approximate surface area is 272 Å². The number of fused-ring (bicyclic) bond motifs is 3. The highest BCUT2D eigenvalue weighted by Gasteiger charge is 2.50. The third kappa shape index (κ3) is 6.15. The van der Waals surface area contributed by atoms with Crippen molar-refractivity contribution in [1.29, 1.82) is 0 Å². The molecule has 0 radical (unpaired) electrons. The number of aromatic nitrogens is 1. The van der Waals surface area contributed by atoms with Gasteiger partial charge >= 0.3 is 0 Å². The van der Waals surface area contributed by atoms with Crippen molar-refractivity contribution in [3.63, 3.8) is 0 Å². The lowest BCUT2D eigenvalue weighted by Gasteiger charge is -2.27. The minimum absolute atomic E-state index is 0.181. The number of H-pyrrole nitrogens is 1. The number of aromatic amines is 1. The highest BCUT2D eigenvalue weighted by Crippen LogP contribution is 2.53. The van der Waals surface area contributed by atoms with E-state index < -0.39 is 5.41 Å². The molecule has 1 saturated heterocycles. The second-order valence-corrected chi connectivity index (χ2v) is 16.1. The molecule has 2 aromatic heterocycles. The quantitative estimate of drug-likeness (QED) is 0.190. The molecule has 2 aliphatic carbocycles. The van der Waals surface area contributed by atoms with Gasteiger partial charge in [-0.1, -0.05) is 28.8 Å². The normalized spacial score (nSPS) is 25.9. The smallest absolute Gasteiger partial charge is 0.169 e. The Morgan fingerprint density at radius 2 is 1.71 bits per heavy atom. The lowest BCUT2D eigenvalue weighted by Crippen LogP contribution is -2.36. The summed E-state index contributed by atoms with van der Waals surface area (Å²) in [5.74, 6) is 1.94. The number of nitrogens with zero attached hydrogens (tertiary/aromatic N) is 1. The van der Waals surface area contributed by atoms with E-state index in [9.17, 15) is 9.59 Å². The Morgan fingerprint density at radius 3 is 2.40 bits per heavy atom. The topological polar surface area (TPSA) is 62.4 Å². The Kier molecular flexibility index (Phi) is 8.69. The summed E-state index contributed by atoms with van der Waals surface area (Å²) in [6.07, 6.45) is 13.4. The Morgan fingerprint density at radius 1 is 0.978 bits per heavy atom. The summed E-state index contributed by atoms with van der Waals surface area (Å²) in [5.41, 5.74) is 5.87. The molecule has 45 heavy (non-hydrogen) atoms. The number of rotatable bonds is 9. The van der Waals surface area contributed by atoms with Crippen molar-refractivity contribution in [2.75, 3.05) is 26.2 Å². The predicted molar refractivity (Wildman–Crippen MR) is 184 cm³/mol. The molecule has 4 aliphatic rings. The standard InChI is InChI=1S/C39H50N2O3S/c1-24-18-25(2)20-29(19-24)36-35(32(42)21-26-8-5-15-41(16-6-9-26)23-30-10-7-17-44-30)31-22-33(45-38(31)40-36)39(3,4)37(43)34-27-11-12-28(34)14-13-27/h8,18-20,22,27-28,30,34,40H,5-7,9-17,21,23H2,1-4H3. The van der Waals surface area contributed by atoms with Gasteiger partial charge in [0.1, 0.15) is 10.6 Å². The summed E-state index contributed by atoms with van der Waals surface area (Å²) in [4.78, 5) is 36.8. The van der Waals surface area contributed by atoms with Crippen molar-refractivity contribution in [1.82, 2.24) is 9.88 Å². The molecular weight excluding hydrogens is 577 g/mol. The average molecular weight is 627 g/mol. The molecule has 1 aromatic carbocycles. The number of allylic oxidation sites excluding steroid dienone is 1. The summed E-state index contributed by atoms with van der Waals surface area (Å²) in [6.45, 7) is 12.5. The second-order valence-electron chi connectivity index (χ2n) is 15.1. The summed E-state index contributed by atoms with van der Waals surface area (Å²) < 4.78 is 5.89. The van der Waals surface area contributed by atoms with Crippen molar-refractivity contribution >= 4 is 33.1 Å². The molecule has 1 unspecified atom stereocenters. The van der Waals surface area contributed by atoms with Crippen LogP contribution in [0.15, 0.2) is 35.9 Å². The number of hydrogen-bond acceptors (Lipinski definition) is 5. The van der Waals surface area contributed by atoms with Crippen molar-refractivity contribution in [2.45, 2.75) is 103 Å². The zero-order valence-corrected chi connectivity index (χ0v) is 28.5. The fraction of sp³-hybridized carbons (Fsp3) is 0.590. The van der Waals surface area contributed by atoms with Crippen LogP contribution in [0.5, 0.6) is 0 Å². The van der Waals surface area contributed by atoms with Crippen LogP contribution in [-0.2, 0) is 14.9 Å². The molecule has 0 amide bonds. The van der Waals surface area contributed by atoms with E-state index >= 15 is 0 Å². The number of nitrogens with one attached hydrogen (secondary N) is 1. The van der Waals surface area contributed by atoms with Gasteiger partial charge in [-0.05, 0) is 128 Å². The van der Waals surface area contributed by atoms with Crippen LogP contribution in [0.1, 0.15) is 104 Å². The minimum atomic E-state index is -0.557. The van der Waals surface area contributed by atoms with E-state index in [0.29, 0.717) is 30.1 Å². The van der Waals surface area contributed by atoms with Crippen molar-refractivity contribution in [3.05, 3.63) is 57.5 Å². The van der Waals surface area contributed by atoms with E-state index in [1.165, 1.54) is 55.2 Å². The minimum Gasteiger partial charge on any atom is -0.377 e. The van der Waals surface area contributed by atoms with E-state index in [4.69, 9.17) is 4.74 Å². The Balaban J connectivity index is 1.17. The van der Waals surface area contributed by atoms with Crippen LogP contribution in [0.2, 0.25) is 0 Å². The van der Waals surface area contributed by atoms with Crippen LogP contribution in [-0.4, -0.2) is 53.8 Å². The van der Waals surface area contributed by atoms with Gasteiger partial charge in [0.25, 0.3) is 0 Å². The first-order valence-electron chi connectivity index (χ1n) is 17.5. The van der Waals surface area contributed by atoms with Crippen molar-refractivity contribution in [2.24, 2.45) is 17.8 Å². The maximum Gasteiger partial charge on any atom is 0.169 e. The number of carbonyl (C=O) groups excluding carboxylic acids is 2. The lowest BCUT2D eigenvalue weighted by atomic mass is 9.76. The van der Waals surface area contributed by atoms with Crippen LogP contribution in [0.3, 0.4) is 0 Å². The van der Waals surface area contributed by atoms with Crippen LogP contribution in [0.4, 0.5) is 0 Å². The van der Waals surface area contributed by atoms with Gasteiger partial charge in [0.2, 0.25) is 0 Å². The summed E-state index contributed by atoms with van der Waals surface area (Å²) >= 11 is 1.68. The predicted octanol–water partition coefficient (Wildman–Crippen LogP) is 8.96. The molecule has 4 heterocycles. The number of carbonyl (C=O) groups is 2. The van der Waals surface area contributed by atoms with Crippen molar-refractivity contribution in [3.8, 4) is 11.3 Å². The van der Waals surface area contributed by atoms with E-state index in [2.05, 4.69) is 67.9 Å². The third-order valence-corrected chi connectivity index (χ3v) is 12.7. The van der Waals surface area contributed by atoms with Gasteiger partial charge in [0, 0.05) is 42.3 Å². The zero-order chi connectivity index (χ0) is 31.3. The molecule has 2 bridgehead atoms. The maximum atomic E-state index is 14.4. The number of Topliss-reactive ketones (excluding diaryl/α,β-unsaturated/α-hetero) is 2. The molecular formula is C39H50N2O3S. The van der Waals surface area contributed by atoms with Crippen molar-refractivity contribution < 1.29 is 14.3 Å². The number of ketones is 2. The Hall–Kier alpha value is -2.54.